The Bertz CT molecular complexity index is 682. The summed E-state index contributed by atoms with van der Waals surface area (Å²) in [7, 11) is 0. The van der Waals surface area contributed by atoms with Crippen molar-refractivity contribution < 1.29 is 9.63 Å². The minimum absolute atomic E-state index is 0.0109. The number of carbonyl (C=O) groups is 1. The van der Waals surface area contributed by atoms with Gasteiger partial charge in [0.25, 0.3) is 0 Å². The quantitative estimate of drug-likeness (QED) is 0.638. The van der Waals surface area contributed by atoms with E-state index in [1.165, 1.54) is 0 Å². The molecule has 1 atom stereocenters. The van der Waals surface area contributed by atoms with Gasteiger partial charge < -0.3 is 4.84 Å². The molecule has 106 valence electrons. The highest BCUT2D eigenvalue weighted by atomic mass is 35.5. The highest BCUT2D eigenvalue weighted by Crippen LogP contribution is 2.22. The number of nitrogens with zero attached hydrogens (tertiary/aromatic N) is 1. The van der Waals surface area contributed by atoms with E-state index in [1.807, 2.05) is 54.6 Å². The molecule has 0 aromatic heterocycles. The van der Waals surface area contributed by atoms with Crippen molar-refractivity contribution in [2.75, 3.05) is 5.88 Å². The zero-order valence-electron chi connectivity index (χ0n) is 11.3. The van der Waals surface area contributed by atoms with E-state index in [1.54, 1.807) is 0 Å². The van der Waals surface area contributed by atoms with Gasteiger partial charge in [-0.3, -0.25) is 4.79 Å². The molecule has 1 aliphatic rings. The first kappa shape index (κ1) is 13.8. The van der Waals surface area contributed by atoms with E-state index < -0.39 is 0 Å². The molecule has 1 heterocycles. The van der Waals surface area contributed by atoms with Gasteiger partial charge in [-0.2, -0.15) is 0 Å². The Morgan fingerprint density at radius 2 is 1.86 bits per heavy atom. The van der Waals surface area contributed by atoms with E-state index in [-0.39, 0.29) is 11.9 Å². The largest absolute Gasteiger partial charge is 0.391 e. The molecule has 0 amide bonds. The van der Waals surface area contributed by atoms with E-state index >= 15 is 0 Å². The Balaban J connectivity index is 1.96. The van der Waals surface area contributed by atoms with Gasteiger partial charge in [0.1, 0.15) is 6.10 Å². The molecular formula is C17H14ClNO2. The number of benzene rings is 2. The van der Waals surface area contributed by atoms with Crippen molar-refractivity contribution >= 4 is 23.1 Å². The average Bonchev–Trinajstić information content (AvgIpc) is 3.04. The van der Waals surface area contributed by atoms with Crippen LogP contribution in [0.4, 0.5) is 0 Å². The summed E-state index contributed by atoms with van der Waals surface area (Å²) in [5.41, 5.74) is 2.90. The number of alkyl halides is 1. The van der Waals surface area contributed by atoms with Crippen molar-refractivity contribution in [2.24, 2.45) is 5.16 Å². The van der Waals surface area contributed by atoms with Crippen LogP contribution in [0.3, 0.4) is 0 Å². The fraction of sp³-hybridized carbons (Fsp3) is 0.176. The molecule has 21 heavy (non-hydrogen) atoms. The lowest BCUT2D eigenvalue weighted by Crippen LogP contribution is -2.13. The molecule has 0 spiro atoms. The van der Waals surface area contributed by atoms with Crippen molar-refractivity contribution in [3.63, 3.8) is 0 Å². The van der Waals surface area contributed by atoms with Crippen LogP contribution >= 0.6 is 11.6 Å². The maximum absolute atomic E-state index is 12.7. The van der Waals surface area contributed by atoms with Crippen LogP contribution in [0.2, 0.25) is 0 Å². The Morgan fingerprint density at radius 3 is 2.57 bits per heavy atom. The lowest BCUT2D eigenvalue weighted by atomic mass is 9.94. The van der Waals surface area contributed by atoms with Crippen LogP contribution in [0.15, 0.2) is 59.8 Å². The van der Waals surface area contributed by atoms with Crippen LogP contribution in [0.1, 0.15) is 27.9 Å². The Hall–Kier alpha value is -2.13. The van der Waals surface area contributed by atoms with Gasteiger partial charge in [0, 0.05) is 23.1 Å². The van der Waals surface area contributed by atoms with Gasteiger partial charge in [0.15, 0.2) is 5.78 Å². The van der Waals surface area contributed by atoms with E-state index in [0.29, 0.717) is 23.4 Å². The predicted octanol–water partition coefficient (Wildman–Crippen LogP) is 3.65. The molecule has 2 aromatic carbocycles. The van der Waals surface area contributed by atoms with Gasteiger partial charge in [0.2, 0.25) is 0 Å². The van der Waals surface area contributed by atoms with Gasteiger partial charge in [0.05, 0.1) is 11.6 Å². The summed E-state index contributed by atoms with van der Waals surface area (Å²) in [6.45, 7) is 0. The molecule has 4 heteroatoms. The summed E-state index contributed by atoms with van der Waals surface area (Å²) in [5, 5.41) is 4.07. The molecular weight excluding hydrogens is 286 g/mol. The Labute approximate surface area is 128 Å². The van der Waals surface area contributed by atoms with Crippen molar-refractivity contribution in [3.8, 4) is 0 Å². The molecule has 3 rings (SSSR count). The number of halogens is 1. The van der Waals surface area contributed by atoms with Crippen LogP contribution in [0, 0.1) is 0 Å². The SMILES string of the molecule is O=C(c1ccccc1)c1ccccc1C1=NOC(CCl)C1. The van der Waals surface area contributed by atoms with Crippen molar-refractivity contribution in [3.05, 3.63) is 71.3 Å². The highest BCUT2D eigenvalue weighted by Gasteiger charge is 2.24. The van der Waals surface area contributed by atoms with Crippen LogP contribution in [-0.4, -0.2) is 23.5 Å². The maximum Gasteiger partial charge on any atom is 0.193 e. The van der Waals surface area contributed by atoms with Crippen LogP contribution in [0.25, 0.3) is 0 Å². The van der Waals surface area contributed by atoms with Gasteiger partial charge in [-0.05, 0) is 0 Å². The van der Waals surface area contributed by atoms with Crippen molar-refractivity contribution in [1.82, 2.24) is 0 Å². The molecule has 0 bridgehead atoms. The molecule has 0 saturated heterocycles. The second-order valence-electron chi connectivity index (χ2n) is 4.86. The van der Waals surface area contributed by atoms with E-state index in [9.17, 15) is 4.79 Å². The first-order chi connectivity index (χ1) is 10.3. The van der Waals surface area contributed by atoms with Crippen molar-refractivity contribution in [2.45, 2.75) is 12.5 Å². The fourth-order valence-corrected chi connectivity index (χ4v) is 2.51. The summed E-state index contributed by atoms with van der Waals surface area (Å²) in [6.07, 6.45) is 0.518. The molecule has 0 radical (unpaired) electrons. The van der Waals surface area contributed by atoms with E-state index in [2.05, 4.69) is 5.16 Å². The first-order valence-electron chi connectivity index (χ1n) is 6.77. The first-order valence-corrected chi connectivity index (χ1v) is 7.31. The number of carbonyl (C=O) groups excluding carboxylic acids is 1. The van der Waals surface area contributed by atoms with Gasteiger partial charge in [-0.1, -0.05) is 59.8 Å². The topological polar surface area (TPSA) is 38.7 Å². The zero-order valence-corrected chi connectivity index (χ0v) is 12.1. The molecule has 0 fully saturated rings. The van der Waals surface area contributed by atoms with Gasteiger partial charge >= 0.3 is 0 Å². The second kappa shape index (κ2) is 6.10. The summed E-state index contributed by atoms with van der Waals surface area (Å²) in [6, 6.07) is 16.7. The Kier molecular flexibility index (Phi) is 4.02. The van der Waals surface area contributed by atoms with Gasteiger partial charge in [-0.15, -0.1) is 11.6 Å². The molecule has 0 aliphatic carbocycles. The van der Waals surface area contributed by atoms with Crippen molar-refractivity contribution in [1.29, 1.82) is 0 Å². The Morgan fingerprint density at radius 1 is 1.14 bits per heavy atom. The van der Waals surface area contributed by atoms with E-state index in [4.69, 9.17) is 16.4 Å². The third-order valence-corrected chi connectivity index (χ3v) is 3.77. The number of oxime groups is 1. The summed E-state index contributed by atoms with van der Waals surface area (Å²) in [5.74, 6) is 0.380. The van der Waals surface area contributed by atoms with Crippen LogP contribution < -0.4 is 0 Å². The second-order valence-corrected chi connectivity index (χ2v) is 5.17. The smallest absolute Gasteiger partial charge is 0.193 e. The molecule has 0 N–H and O–H groups in total. The van der Waals surface area contributed by atoms with Crippen LogP contribution in [-0.2, 0) is 4.84 Å². The lowest BCUT2D eigenvalue weighted by Gasteiger charge is -2.08. The van der Waals surface area contributed by atoms with E-state index in [0.717, 1.165) is 11.3 Å². The number of rotatable bonds is 4. The normalized spacial score (nSPS) is 17.2. The molecule has 0 saturated carbocycles. The fourth-order valence-electron chi connectivity index (χ4n) is 2.35. The summed E-state index contributed by atoms with van der Waals surface area (Å²) >= 11 is 5.79. The van der Waals surface area contributed by atoms with Crippen LogP contribution in [0.5, 0.6) is 0 Å². The summed E-state index contributed by atoms with van der Waals surface area (Å²) < 4.78 is 0. The zero-order chi connectivity index (χ0) is 14.7. The van der Waals surface area contributed by atoms with Gasteiger partial charge in [-0.25, -0.2) is 0 Å². The minimum Gasteiger partial charge on any atom is -0.391 e. The number of hydrogen-bond acceptors (Lipinski definition) is 3. The number of ketones is 1. The third-order valence-electron chi connectivity index (χ3n) is 3.42. The maximum atomic E-state index is 12.7. The summed E-state index contributed by atoms with van der Waals surface area (Å²) in [4.78, 5) is 17.9. The number of hydrogen-bond donors (Lipinski definition) is 0. The monoisotopic (exact) mass is 299 g/mol. The molecule has 1 unspecified atom stereocenters. The lowest BCUT2D eigenvalue weighted by molar-refractivity contribution is 0.102. The molecule has 2 aromatic rings. The third kappa shape index (κ3) is 2.83. The highest BCUT2D eigenvalue weighted by molar-refractivity contribution is 6.19. The predicted molar refractivity (Wildman–Crippen MR) is 83.1 cm³/mol. The molecule has 1 aliphatic heterocycles. The minimum atomic E-state index is -0.110. The average molecular weight is 300 g/mol. The standard InChI is InChI=1S/C17H14ClNO2/c18-11-13-10-16(19-21-13)14-8-4-5-9-15(14)17(20)12-6-2-1-3-7-12/h1-9,13H,10-11H2. The molecule has 3 nitrogen and oxygen atoms in total.